The predicted octanol–water partition coefficient (Wildman–Crippen LogP) is 4.68. The summed E-state index contributed by atoms with van der Waals surface area (Å²) >= 11 is 0. The van der Waals surface area contributed by atoms with Gasteiger partial charge in [-0.05, 0) is 42.4 Å². The molecule has 2 nitrogen and oxygen atoms in total. The average molecular weight is 250 g/mol. The van der Waals surface area contributed by atoms with E-state index in [4.69, 9.17) is 5.73 Å². The maximum Gasteiger partial charge on any atom is 0.0361 e. The number of allylic oxidation sites excluding steroid dienone is 3. The smallest absolute Gasteiger partial charge is 0.0361 e. The second kappa shape index (κ2) is 6.77. The van der Waals surface area contributed by atoms with Crippen LogP contribution in [0.3, 0.4) is 0 Å². The second-order valence-corrected chi connectivity index (χ2v) is 6.97. The molecule has 2 heteroatoms. The number of nitrogens with two attached hydrogens (primary N) is 1. The number of nitrogens with zero attached hydrogens (tertiary/aromatic N) is 1. The number of aliphatic imine (C=N–C) groups is 1. The number of hydrogen-bond donors (Lipinski definition) is 1. The molecule has 104 valence electrons. The highest BCUT2D eigenvalue weighted by molar-refractivity contribution is 5.80. The van der Waals surface area contributed by atoms with Crippen molar-refractivity contribution in [2.75, 3.05) is 0 Å². The maximum absolute atomic E-state index is 5.66. The van der Waals surface area contributed by atoms with Gasteiger partial charge in [0, 0.05) is 11.9 Å². The van der Waals surface area contributed by atoms with Crippen LogP contribution in [0.15, 0.2) is 28.5 Å². The van der Waals surface area contributed by atoms with Crippen molar-refractivity contribution in [1.82, 2.24) is 0 Å². The van der Waals surface area contributed by atoms with Gasteiger partial charge in [-0.25, -0.2) is 0 Å². The van der Waals surface area contributed by atoms with Gasteiger partial charge in [0.1, 0.15) is 0 Å². The fraction of sp³-hybridized carbons (Fsp3) is 0.688. The Morgan fingerprint density at radius 2 is 1.67 bits per heavy atom. The lowest BCUT2D eigenvalue weighted by molar-refractivity contribution is 0.377. The van der Waals surface area contributed by atoms with Crippen LogP contribution in [-0.2, 0) is 0 Å². The van der Waals surface area contributed by atoms with Crippen LogP contribution in [0.5, 0.6) is 0 Å². The molecule has 0 atom stereocenters. The summed E-state index contributed by atoms with van der Waals surface area (Å²) in [5, 5.41) is 0. The van der Waals surface area contributed by atoms with Crippen molar-refractivity contribution in [1.29, 1.82) is 0 Å². The van der Waals surface area contributed by atoms with Gasteiger partial charge in [0.2, 0.25) is 0 Å². The zero-order valence-electron chi connectivity index (χ0n) is 13.2. The molecule has 0 spiro atoms. The van der Waals surface area contributed by atoms with Crippen molar-refractivity contribution in [2.45, 2.75) is 61.3 Å². The first-order valence-electron chi connectivity index (χ1n) is 6.72. The predicted molar refractivity (Wildman–Crippen MR) is 82.7 cm³/mol. The minimum atomic E-state index is 0.0428. The van der Waals surface area contributed by atoms with E-state index in [0.29, 0.717) is 5.41 Å². The number of hydrogen-bond acceptors (Lipinski definition) is 2. The van der Waals surface area contributed by atoms with E-state index in [-0.39, 0.29) is 5.41 Å². The Morgan fingerprint density at radius 1 is 1.11 bits per heavy atom. The van der Waals surface area contributed by atoms with Gasteiger partial charge in [0.25, 0.3) is 0 Å². The monoisotopic (exact) mass is 250 g/mol. The highest BCUT2D eigenvalue weighted by Crippen LogP contribution is 2.25. The SMILES string of the molecule is C\C=C(CCC(C)(C)C)/N=C\C(=C/N)C(C)(C)C. The molecule has 0 aliphatic rings. The molecule has 0 aliphatic heterocycles. The van der Waals surface area contributed by atoms with E-state index >= 15 is 0 Å². The van der Waals surface area contributed by atoms with E-state index in [1.54, 1.807) is 6.20 Å². The zero-order valence-corrected chi connectivity index (χ0v) is 13.2. The summed E-state index contributed by atoms with van der Waals surface area (Å²) in [7, 11) is 0. The second-order valence-electron chi connectivity index (χ2n) is 6.97. The van der Waals surface area contributed by atoms with Gasteiger partial charge in [-0.2, -0.15) is 0 Å². The van der Waals surface area contributed by atoms with Crippen molar-refractivity contribution < 1.29 is 0 Å². The quantitative estimate of drug-likeness (QED) is 0.723. The Morgan fingerprint density at radius 3 is 2.00 bits per heavy atom. The topological polar surface area (TPSA) is 38.4 Å². The lowest BCUT2D eigenvalue weighted by atomic mass is 9.87. The van der Waals surface area contributed by atoms with Crippen LogP contribution in [-0.4, -0.2) is 6.21 Å². The third kappa shape index (κ3) is 7.31. The largest absolute Gasteiger partial charge is 0.404 e. The molecular formula is C16H30N2. The normalized spacial score (nSPS) is 15.5. The van der Waals surface area contributed by atoms with Crippen molar-refractivity contribution in [3.8, 4) is 0 Å². The first-order valence-corrected chi connectivity index (χ1v) is 6.72. The van der Waals surface area contributed by atoms with Gasteiger partial charge >= 0.3 is 0 Å². The summed E-state index contributed by atoms with van der Waals surface area (Å²) in [6, 6.07) is 0. The standard InChI is InChI=1S/C16H30N2/c1-8-14(9-10-15(2,3)4)18-12-13(11-17)16(5,6)7/h8,11-12H,9-10,17H2,1-7H3/b13-11+,14-8-,18-12-. The lowest BCUT2D eigenvalue weighted by Gasteiger charge is -2.20. The highest BCUT2D eigenvalue weighted by atomic mass is 14.7. The highest BCUT2D eigenvalue weighted by Gasteiger charge is 2.15. The fourth-order valence-electron chi connectivity index (χ4n) is 1.43. The van der Waals surface area contributed by atoms with E-state index in [1.165, 1.54) is 0 Å². The Kier molecular flexibility index (Phi) is 6.37. The third-order valence-corrected chi connectivity index (χ3v) is 2.88. The molecule has 0 fully saturated rings. The Bertz CT molecular complexity index is 333. The van der Waals surface area contributed by atoms with Gasteiger partial charge in [0.05, 0.1) is 0 Å². The Hall–Kier alpha value is -1.05. The molecule has 0 bridgehead atoms. The van der Waals surface area contributed by atoms with Crippen LogP contribution in [0.25, 0.3) is 0 Å². The summed E-state index contributed by atoms with van der Waals surface area (Å²) in [5.41, 5.74) is 8.25. The van der Waals surface area contributed by atoms with Crippen LogP contribution in [0, 0.1) is 10.8 Å². The molecule has 2 N–H and O–H groups in total. The lowest BCUT2D eigenvalue weighted by Crippen LogP contribution is -2.12. The molecule has 18 heavy (non-hydrogen) atoms. The maximum atomic E-state index is 5.66. The third-order valence-electron chi connectivity index (χ3n) is 2.88. The fourth-order valence-corrected chi connectivity index (χ4v) is 1.43. The molecule has 0 heterocycles. The molecule has 0 amide bonds. The van der Waals surface area contributed by atoms with Gasteiger partial charge in [0.15, 0.2) is 0 Å². The summed E-state index contributed by atoms with van der Waals surface area (Å²) in [4.78, 5) is 4.57. The molecule has 0 unspecified atom stereocenters. The van der Waals surface area contributed by atoms with Crippen molar-refractivity contribution in [2.24, 2.45) is 21.6 Å². The molecule has 0 aliphatic carbocycles. The van der Waals surface area contributed by atoms with Crippen molar-refractivity contribution >= 4 is 6.21 Å². The van der Waals surface area contributed by atoms with Crippen LogP contribution in [0.4, 0.5) is 0 Å². The van der Waals surface area contributed by atoms with Crippen LogP contribution in [0.2, 0.25) is 0 Å². The summed E-state index contributed by atoms with van der Waals surface area (Å²) in [6.07, 6.45) is 7.79. The molecule has 0 saturated heterocycles. The number of rotatable bonds is 4. The van der Waals surface area contributed by atoms with Gasteiger partial charge < -0.3 is 5.73 Å². The molecule has 0 aromatic rings. The minimum Gasteiger partial charge on any atom is -0.404 e. The van der Waals surface area contributed by atoms with Gasteiger partial charge in [-0.15, -0.1) is 0 Å². The van der Waals surface area contributed by atoms with Crippen LogP contribution >= 0.6 is 0 Å². The van der Waals surface area contributed by atoms with Crippen molar-refractivity contribution in [3.63, 3.8) is 0 Å². The summed E-state index contributed by atoms with van der Waals surface area (Å²) in [6.45, 7) is 15.2. The molecule has 0 aromatic carbocycles. The van der Waals surface area contributed by atoms with Crippen molar-refractivity contribution in [3.05, 3.63) is 23.5 Å². The van der Waals surface area contributed by atoms with E-state index < -0.39 is 0 Å². The Labute approximate surface area is 113 Å². The zero-order chi connectivity index (χ0) is 14.4. The molecule has 0 radical (unpaired) electrons. The minimum absolute atomic E-state index is 0.0428. The molecule has 0 rings (SSSR count). The van der Waals surface area contributed by atoms with Gasteiger partial charge in [-0.1, -0.05) is 47.6 Å². The summed E-state index contributed by atoms with van der Waals surface area (Å²) in [5.74, 6) is 0. The first kappa shape index (κ1) is 16.9. The van der Waals surface area contributed by atoms with Crippen LogP contribution < -0.4 is 5.73 Å². The van der Waals surface area contributed by atoms with E-state index in [0.717, 1.165) is 24.1 Å². The molecule has 0 saturated carbocycles. The van der Waals surface area contributed by atoms with E-state index in [1.807, 2.05) is 13.1 Å². The van der Waals surface area contributed by atoms with Gasteiger partial charge in [-0.3, -0.25) is 4.99 Å². The Balaban J connectivity index is 4.66. The van der Waals surface area contributed by atoms with Crippen LogP contribution in [0.1, 0.15) is 61.3 Å². The molecular weight excluding hydrogens is 220 g/mol. The van der Waals surface area contributed by atoms with E-state index in [9.17, 15) is 0 Å². The average Bonchev–Trinajstić information content (AvgIpc) is 2.20. The summed E-state index contributed by atoms with van der Waals surface area (Å²) < 4.78 is 0. The van der Waals surface area contributed by atoms with E-state index in [2.05, 4.69) is 52.6 Å². The molecule has 0 aromatic heterocycles. The first-order chi connectivity index (χ1) is 8.10.